The zero-order valence-electron chi connectivity index (χ0n) is 7.81. The standard InChI is InChI=1S/C11H8BrNO2/c12-9-1-2-10(13-6-9)11(14)5-8-3-4-15-7-8/h1-4,6-7H,5H2. The molecule has 15 heavy (non-hydrogen) atoms. The van der Waals surface area contributed by atoms with Crippen LogP contribution in [0.2, 0.25) is 0 Å². The van der Waals surface area contributed by atoms with E-state index in [1.807, 2.05) is 0 Å². The van der Waals surface area contributed by atoms with Crippen molar-refractivity contribution in [3.05, 3.63) is 52.7 Å². The van der Waals surface area contributed by atoms with Gasteiger partial charge in [-0.2, -0.15) is 0 Å². The molecule has 3 nitrogen and oxygen atoms in total. The summed E-state index contributed by atoms with van der Waals surface area (Å²) in [5.41, 5.74) is 1.34. The maximum Gasteiger partial charge on any atom is 0.185 e. The fourth-order valence-corrected chi connectivity index (χ4v) is 1.44. The molecule has 0 aromatic carbocycles. The van der Waals surface area contributed by atoms with Crippen LogP contribution in [0.15, 0.2) is 45.8 Å². The Labute approximate surface area is 95.3 Å². The summed E-state index contributed by atoms with van der Waals surface area (Å²) in [6.07, 6.45) is 5.06. The minimum Gasteiger partial charge on any atom is -0.472 e. The van der Waals surface area contributed by atoms with Crippen LogP contribution >= 0.6 is 15.9 Å². The van der Waals surface area contributed by atoms with E-state index in [1.165, 1.54) is 0 Å². The zero-order chi connectivity index (χ0) is 10.7. The molecule has 0 saturated carbocycles. The van der Waals surface area contributed by atoms with Gasteiger partial charge in [0.1, 0.15) is 5.69 Å². The second-order valence-electron chi connectivity index (χ2n) is 3.09. The molecule has 0 unspecified atom stereocenters. The molecular weight excluding hydrogens is 258 g/mol. The molecular formula is C11H8BrNO2. The van der Waals surface area contributed by atoms with Crippen LogP contribution in [0.25, 0.3) is 0 Å². The number of aromatic nitrogens is 1. The molecule has 4 heteroatoms. The van der Waals surface area contributed by atoms with Gasteiger partial charge in [0.25, 0.3) is 0 Å². The molecule has 0 N–H and O–H groups in total. The molecule has 0 aliphatic heterocycles. The number of Topliss-reactive ketones (excluding diaryl/α,β-unsaturated/α-hetero) is 1. The molecule has 0 spiro atoms. The van der Waals surface area contributed by atoms with Crippen LogP contribution in [0.3, 0.4) is 0 Å². The van der Waals surface area contributed by atoms with Gasteiger partial charge in [0.2, 0.25) is 0 Å². The van der Waals surface area contributed by atoms with E-state index in [0.29, 0.717) is 12.1 Å². The fraction of sp³-hybridized carbons (Fsp3) is 0.0909. The van der Waals surface area contributed by atoms with Crippen molar-refractivity contribution in [1.29, 1.82) is 0 Å². The van der Waals surface area contributed by atoms with E-state index < -0.39 is 0 Å². The minimum atomic E-state index is -0.0103. The predicted octanol–water partition coefficient (Wildman–Crippen LogP) is 2.86. The molecule has 2 heterocycles. The lowest BCUT2D eigenvalue weighted by Crippen LogP contribution is -2.04. The lowest BCUT2D eigenvalue weighted by atomic mass is 10.1. The van der Waals surface area contributed by atoms with E-state index in [0.717, 1.165) is 10.0 Å². The van der Waals surface area contributed by atoms with E-state index in [2.05, 4.69) is 20.9 Å². The first-order valence-electron chi connectivity index (χ1n) is 4.41. The number of hydrogen-bond donors (Lipinski definition) is 0. The maximum atomic E-state index is 11.7. The van der Waals surface area contributed by atoms with Gasteiger partial charge in [0.05, 0.1) is 12.5 Å². The average molecular weight is 266 g/mol. The Bertz CT molecular complexity index is 448. The van der Waals surface area contributed by atoms with Crippen LogP contribution in [-0.2, 0) is 6.42 Å². The molecule has 0 aliphatic carbocycles. The summed E-state index contributed by atoms with van der Waals surface area (Å²) in [5.74, 6) is -0.0103. The molecule has 2 aromatic heterocycles. The zero-order valence-corrected chi connectivity index (χ0v) is 9.40. The smallest absolute Gasteiger partial charge is 0.185 e. The van der Waals surface area contributed by atoms with Crippen LogP contribution in [0.1, 0.15) is 16.1 Å². The van der Waals surface area contributed by atoms with Crippen molar-refractivity contribution in [2.75, 3.05) is 0 Å². The third-order valence-corrected chi connectivity index (χ3v) is 2.43. The van der Waals surface area contributed by atoms with E-state index in [1.54, 1.807) is 36.9 Å². The lowest BCUT2D eigenvalue weighted by Gasteiger charge is -1.97. The van der Waals surface area contributed by atoms with Gasteiger partial charge in [0, 0.05) is 17.1 Å². The summed E-state index contributed by atoms with van der Waals surface area (Å²) in [4.78, 5) is 15.7. The lowest BCUT2D eigenvalue weighted by molar-refractivity contribution is 0.0988. The first kappa shape index (κ1) is 10.1. The van der Waals surface area contributed by atoms with Gasteiger partial charge in [0.15, 0.2) is 5.78 Å². The van der Waals surface area contributed by atoms with Gasteiger partial charge in [-0.3, -0.25) is 9.78 Å². The van der Waals surface area contributed by atoms with Crippen molar-refractivity contribution >= 4 is 21.7 Å². The van der Waals surface area contributed by atoms with Crippen LogP contribution < -0.4 is 0 Å². The Morgan fingerprint density at radius 2 is 2.27 bits per heavy atom. The van der Waals surface area contributed by atoms with Gasteiger partial charge in [-0.25, -0.2) is 0 Å². The van der Waals surface area contributed by atoms with Crippen molar-refractivity contribution in [1.82, 2.24) is 4.98 Å². The van der Waals surface area contributed by atoms with Gasteiger partial charge >= 0.3 is 0 Å². The van der Waals surface area contributed by atoms with Gasteiger partial charge < -0.3 is 4.42 Å². The van der Waals surface area contributed by atoms with E-state index in [9.17, 15) is 4.79 Å². The average Bonchev–Trinajstić information content (AvgIpc) is 2.71. The monoisotopic (exact) mass is 265 g/mol. The molecule has 2 aromatic rings. The van der Waals surface area contributed by atoms with E-state index >= 15 is 0 Å². The van der Waals surface area contributed by atoms with E-state index in [4.69, 9.17) is 4.42 Å². The van der Waals surface area contributed by atoms with Crippen molar-refractivity contribution in [2.24, 2.45) is 0 Å². The van der Waals surface area contributed by atoms with Gasteiger partial charge in [-0.1, -0.05) is 0 Å². The second-order valence-corrected chi connectivity index (χ2v) is 4.01. The van der Waals surface area contributed by atoms with Crippen LogP contribution in [0.5, 0.6) is 0 Å². The fourth-order valence-electron chi connectivity index (χ4n) is 1.21. The Kier molecular flexibility index (Phi) is 2.97. The van der Waals surface area contributed by atoms with E-state index in [-0.39, 0.29) is 5.78 Å². The van der Waals surface area contributed by atoms with Crippen molar-refractivity contribution in [3.8, 4) is 0 Å². The highest BCUT2D eigenvalue weighted by Crippen LogP contribution is 2.10. The highest BCUT2D eigenvalue weighted by molar-refractivity contribution is 9.10. The second kappa shape index (κ2) is 4.40. The topological polar surface area (TPSA) is 43.1 Å². The molecule has 0 fully saturated rings. The Morgan fingerprint density at radius 1 is 1.40 bits per heavy atom. The number of pyridine rings is 1. The van der Waals surface area contributed by atoms with Gasteiger partial charge in [-0.15, -0.1) is 0 Å². The number of hydrogen-bond acceptors (Lipinski definition) is 3. The van der Waals surface area contributed by atoms with Crippen LogP contribution in [-0.4, -0.2) is 10.8 Å². The third-order valence-electron chi connectivity index (χ3n) is 1.96. The summed E-state index contributed by atoms with van der Waals surface area (Å²) in [5, 5.41) is 0. The summed E-state index contributed by atoms with van der Waals surface area (Å²) >= 11 is 3.27. The summed E-state index contributed by atoms with van der Waals surface area (Å²) in [6.45, 7) is 0. The minimum absolute atomic E-state index is 0.0103. The predicted molar refractivity (Wildman–Crippen MR) is 58.7 cm³/mol. The van der Waals surface area contributed by atoms with Gasteiger partial charge in [-0.05, 0) is 39.7 Å². The number of furan rings is 1. The van der Waals surface area contributed by atoms with Crippen molar-refractivity contribution in [2.45, 2.75) is 6.42 Å². The molecule has 0 radical (unpaired) electrons. The molecule has 76 valence electrons. The first-order valence-corrected chi connectivity index (χ1v) is 5.21. The molecule has 2 rings (SSSR count). The normalized spacial score (nSPS) is 10.2. The number of ketones is 1. The number of carbonyl (C=O) groups is 1. The summed E-state index contributed by atoms with van der Waals surface area (Å²) in [6, 6.07) is 5.28. The largest absolute Gasteiger partial charge is 0.472 e. The highest BCUT2D eigenvalue weighted by Gasteiger charge is 2.08. The number of nitrogens with zero attached hydrogens (tertiary/aromatic N) is 1. The van der Waals surface area contributed by atoms with Crippen molar-refractivity contribution < 1.29 is 9.21 Å². The molecule has 0 bridgehead atoms. The molecule has 0 amide bonds. The molecule has 0 atom stereocenters. The Hall–Kier alpha value is -1.42. The van der Waals surface area contributed by atoms with Crippen LogP contribution in [0.4, 0.5) is 0 Å². The summed E-state index contributed by atoms with van der Waals surface area (Å²) < 4.78 is 5.75. The summed E-state index contributed by atoms with van der Waals surface area (Å²) in [7, 11) is 0. The quantitative estimate of drug-likeness (QED) is 0.802. The Morgan fingerprint density at radius 3 is 2.87 bits per heavy atom. The third kappa shape index (κ3) is 2.53. The highest BCUT2D eigenvalue weighted by atomic mass is 79.9. The Balaban J connectivity index is 2.11. The number of halogens is 1. The maximum absolute atomic E-state index is 11.7. The van der Waals surface area contributed by atoms with Crippen molar-refractivity contribution in [3.63, 3.8) is 0 Å². The first-order chi connectivity index (χ1) is 7.25. The molecule has 0 aliphatic rings. The SMILES string of the molecule is O=C(Cc1ccoc1)c1ccc(Br)cn1. The number of carbonyl (C=O) groups excluding carboxylic acids is 1. The molecule has 0 saturated heterocycles. The van der Waals surface area contributed by atoms with Crippen LogP contribution in [0, 0.1) is 0 Å². The number of rotatable bonds is 3.